The summed E-state index contributed by atoms with van der Waals surface area (Å²) in [5.74, 6) is 0.423. The Morgan fingerprint density at radius 1 is 1.31 bits per heavy atom. The number of likely N-dealkylation sites (tertiary alicyclic amines) is 1. The summed E-state index contributed by atoms with van der Waals surface area (Å²) >= 11 is 1.33. The van der Waals surface area contributed by atoms with E-state index in [4.69, 9.17) is 0 Å². The summed E-state index contributed by atoms with van der Waals surface area (Å²) in [6.07, 6.45) is 2.19. The van der Waals surface area contributed by atoms with Crippen molar-refractivity contribution in [3.8, 4) is 5.75 Å². The first kappa shape index (κ1) is 21.1. The van der Waals surface area contributed by atoms with Crippen LogP contribution in [0.1, 0.15) is 35.7 Å². The first-order valence-corrected chi connectivity index (χ1v) is 10.7. The second-order valence-electron chi connectivity index (χ2n) is 7.03. The molecule has 0 bridgehead atoms. The van der Waals surface area contributed by atoms with Crippen molar-refractivity contribution < 1.29 is 14.8 Å². The molecule has 1 unspecified atom stereocenters. The number of rotatable bonds is 8. The molecule has 0 aliphatic carbocycles. The van der Waals surface area contributed by atoms with Crippen LogP contribution < -0.4 is 5.32 Å². The van der Waals surface area contributed by atoms with Gasteiger partial charge in [-0.1, -0.05) is 19.1 Å². The molecular weight excluding hydrogens is 390 g/mol. The molecule has 0 radical (unpaired) electrons. The molecule has 0 aromatic heterocycles. The van der Waals surface area contributed by atoms with E-state index in [0.717, 1.165) is 31.5 Å². The summed E-state index contributed by atoms with van der Waals surface area (Å²) in [5, 5.41) is 23.8. The lowest BCUT2D eigenvalue weighted by molar-refractivity contribution is -0.387. The lowest BCUT2D eigenvalue weighted by atomic mass is 10.1. The fraction of sp³-hybridized carbons (Fsp3) is 0.381. The molecule has 7 nitrogen and oxygen atoms in total. The normalized spacial score (nSPS) is 16.7. The SMILES string of the molecule is CCN1CCCC1CNC(=O)c1ccc(SCc2ccc(O)cc2)c([N+](=O)[O-])c1. The molecule has 8 heteroatoms. The summed E-state index contributed by atoms with van der Waals surface area (Å²) in [6, 6.07) is 11.7. The van der Waals surface area contributed by atoms with Gasteiger partial charge in [-0.3, -0.25) is 19.8 Å². The molecule has 1 fully saturated rings. The van der Waals surface area contributed by atoms with E-state index in [1.165, 1.54) is 17.8 Å². The van der Waals surface area contributed by atoms with E-state index in [-0.39, 0.29) is 17.3 Å². The Labute approximate surface area is 174 Å². The van der Waals surface area contributed by atoms with Crippen molar-refractivity contribution in [3.05, 3.63) is 63.7 Å². The molecule has 2 N–H and O–H groups in total. The first-order chi connectivity index (χ1) is 14.0. The van der Waals surface area contributed by atoms with E-state index in [1.54, 1.807) is 36.4 Å². The highest BCUT2D eigenvalue weighted by molar-refractivity contribution is 7.98. The highest BCUT2D eigenvalue weighted by atomic mass is 32.2. The number of amides is 1. The zero-order valence-electron chi connectivity index (χ0n) is 16.3. The quantitative estimate of drug-likeness (QED) is 0.387. The fourth-order valence-corrected chi connectivity index (χ4v) is 4.49. The van der Waals surface area contributed by atoms with E-state index in [0.29, 0.717) is 28.8 Å². The van der Waals surface area contributed by atoms with Gasteiger partial charge in [-0.05, 0) is 55.8 Å². The highest BCUT2D eigenvalue weighted by Crippen LogP contribution is 2.32. The van der Waals surface area contributed by atoms with Crippen molar-refractivity contribution >= 4 is 23.4 Å². The van der Waals surface area contributed by atoms with Gasteiger partial charge in [0.1, 0.15) is 5.75 Å². The van der Waals surface area contributed by atoms with Crippen molar-refractivity contribution in [2.45, 2.75) is 36.5 Å². The molecule has 3 rings (SSSR count). The van der Waals surface area contributed by atoms with Crippen LogP contribution in [0.25, 0.3) is 0 Å². The monoisotopic (exact) mass is 415 g/mol. The Morgan fingerprint density at radius 2 is 2.07 bits per heavy atom. The van der Waals surface area contributed by atoms with E-state index in [2.05, 4.69) is 17.1 Å². The maximum Gasteiger partial charge on any atom is 0.283 e. The molecule has 1 aliphatic rings. The van der Waals surface area contributed by atoms with Gasteiger partial charge in [-0.2, -0.15) is 0 Å². The largest absolute Gasteiger partial charge is 0.508 e. The molecule has 1 atom stereocenters. The van der Waals surface area contributed by atoms with Crippen LogP contribution in [0.5, 0.6) is 5.75 Å². The van der Waals surface area contributed by atoms with Gasteiger partial charge in [0.25, 0.3) is 11.6 Å². The summed E-state index contributed by atoms with van der Waals surface area (Å²) < 4.78 is 0. The summed E-state index contributed by atoms with van der Waals surface area (Å²) in [5.41, 5.74) is 1.17. The van der Waals surface area contributed by atoms with Gasteiger partial charge < -0.3 is 10.4 Å². The topological polar surface area (TPSA) is 95.7 Å². The Bertz CT molecular complexity index is 873. The van der Waals surface area contributed by atoms with E-state index < -0.39 is 4.92 Å². The molecule has 2 aromatic carbocycles. The number of carbonyl (C=O) groups is 1. The van der Waals surface area contributed by atoms with Gasteiger partial charge in [0.15, 0.2) is 0 Å². The van der Waals surface area contributed by atoms with Crippen molar-refractivity contribution in [2.24, 2.45) is 0 Å². The maximum absolute atomic E-state index is 12.5. The Hall–Kier alpha value is -2.58. The number of nitro benzene ring substituents is 1. The van der Waals surface area contributed by atoms with Crippen LogP contribution in [0.2, 0.25) is 0 Å². The van der Waals surface area contributed by atoms with Crippen LogP contribution in [0.3, 0.4) is 0 Å². The van der Waals surface area contributed by atoms with Crippen molar-refractivity contribution in [2.75, 3.05) is 19.6 Å². The number of phenolic OH excluding ortho intramolecular Hbond substituents is 1. The molecule has 0 saturated carbocycles. The third-order valence-electron chi connectivity index (χ3n) is 5.15. The molecule has 0 spiro atoms. The van der Waals surface area contributed by atoms with Gasteiger partial charge >= 0.3 is 0 Å². The molecule has 1 saturated heterocycles. The Balaban J connectivity index is 1.65. The lowest BCUT2D eigenvalue weighted by Crippen LogP contribution is -2.40. The second kappa shape index (κ2) is 9.76. The van der Waals surface area contributed by atoms with Gasteiger partial charge in [0.05, 0.1) is 9.82 Å². The van der Waals surface area contributed by atoms with E-state index in [1.807, 2.05) is 0 Å². The number of aromatic hydroxyl groups is 1. The average molecular weight is 416 g/mol. The molecule has 29 heavy (non-hydrogen) atoms. The minimum absolute atomic E-state index is 0.0718. The molecule has 2 aromatic rings. The highest BCUT2D eigenvalue weighted by Gasteiger charge is 2.24. The number of thioether (sulfide) groups is 1. The fourth-order valence-electron chi connectivity index (χ4n) is 3.53. The van der Waals surface area contributed by atoms with Gasteiger partial charge in [-0.15, -0.1) is 11.8 Å². The summed E-state index contributed by atoms with van der Waals surface area (Å²) in [7, 11) is 0. The molecule has 1 heterocycles. The predicted molar refractivity (Wildman–Crippen MR) is 113 cm³/mol. The van der Waals surface area contributed by atoms with E-state index in [9.17, 15) is 20.0 Å². The maximum atomic E-state index is 12.5. The molecular formula is C21H25N3O4S. The third kappa shape index (κ3) is 5.48. The van der Waals surface area contributed by atoms with Crippen LogP contribution in [0.4, 0.5) is 5.69 Å². The minimum Gasteiger partial charge on any atom is -0.508 e. The number of benzene rings is 2. The standard InChI is InChI=1S/C21H25N3O4S/c1-2-23-11-3-4-17(23)13-22-21(26)16-7-10-20(19(12-16)24(27)28)29-14-15-5-8-18(25)9-6-15/h5-10,12,17,25H,2-4,11,13-14H2,1H3,(H,22,26). The van der Waals surface area contributed by atoms with Crippen LogP contribution in [0, 0.1) is 10.1 Å². The summed E-state index contributed by atoms with van der Waals surface area (Å²) in [6.45, 7) is 4.67. The number of likely N-dealkylation sites (N-methyl/N-ethyl adjacent to an activating group) is 1. The molecule has 1 aliphatic heterocycles. The number of hydrogen-bond donors (Lipinski definition) is 2. The number of phenols is 1. The lowest BCUT2D eigenvalue weighted by Gasteiger charge is -2.22. The zero-order chi connectivity index (χ0) is 20.8. The van der Waals surface area contributed by atoms with Gasteiger partial charge in [0.2, 0.25) is 0 Å². The minimum atomic E-state index is -0.453. The van der Waals surface area contributed by atoms with Crippen LogP contribution in [-0.4, -0.2) is 46.5 Å². The number of carbonyl (C=O) groups excluding carboxylic acids is 1. The molecule has 1 amide bonds. The predicted octanol–water partition coefficient (Wildman–Crippen LogP) is 3.81. The Kier molecular flexibility index (Phi) is 7.11. The second-order valence-corrected chi connectivity index (χ2v) is 8.05. The van der Waals surface area contributed by atoms with Gasteiger partial charge in [0, 0.05) is 30.0 Å². The smallest absolute Gasteiger partial charge is 0.283 e. The van der Waals surface area contributed by atoms with Crippen LogP contribution >= 0.6 is 11.8 Å². The first-order valence-electron chi connectivity index (χ1n) is 9.69. The van der Waals surface area contributed by atoms with Crippen LogP contribution in [0.15, 0.2) is 47.4 Å². The molecule has 154 valence electrons. The van der Waals surface area contributed by atoms with Crippen molar-refractivity contribution in [1.29, 1.82) is 0 Å². The number of nitrogens with zero attached hydrogens (tertiary/aromatic N) is 2. The number of nitrogens with one attached hydrogen (secondary N) is 1. The van der Waals surface area contributed by atoms with Crippen LogP contribution in [-0.2, 0) is 5.75 Å². The van der Waals surface area contributed by atoms with Crippen molar-refractivity contribution in [1.82, 2.24) is 10.2 Å². The third-order valence-corrected chi connectivity index (χ3v) is 6.29. The zero-order valence-corrected chi connectivity index (χ0v) is 17.2. The average Bonchev–Trinajstić information content (AvgIpc) is 3.19. The van der Waals surface area contributed by atoms with Crippen molar-refractivity contribution in [3.63, 3.8) is 0 Å². The van der Waals surface area contributed by atoms with E-state index >= 15 is 0 Å². The van der Waals surface area contributed by atoms with Gasteiger partial charge in [-0.25, -0.2) is 0 Å². The Morgan fingerprint density at radius 3 is 2.76 bits per heavy atom. The number of hydrogen-bond acceptors (Lipinski definition) is 6. The summed E-state index contributed by atoms with van der Waals surface area (Å²) in [4.78, 5) is 26.4. The number of nitro groups is 1.